The van der Waals surface area contributed by atoms with E-state index in [1.807, 2.05) is 13.8 Å². The second-order valence-corrected chi connectivity index (χ2v) is 4.92. The highest BCUT2D eigenvalue weighted by Crippen LogP contribution is 2.20. The molecule has 0 aliphatic carbocycles. The van der Waals surface area contributed by atoms with Crippen LogP contribution in [0.1, 0.15) is 32.6 Å². The summed E-state index contributed by atoms with van der Waals surface area (Å²) in [7, 11) is 0. The Hall–Kier alpha value is -1.29. The summed E-state index contributed by atoms with van der Waals surface area (Å²) < 4.78 is 0. The number of carbonyl (C=O) groups excluding carboxylic acids is 1. The van der Waals surface area contributed by atoms with Gasteiger partial charge in [0.15, 0.2) is 6.71 Å². The van der Waals surface area contributed by atoms with Gasteiger partial charge in [-0.3, -0.25) is 10.2 Å². The number of carbonyl (C=O) groups is 1. The summed E-state index contributed by atoms with van der Waals surface area (Å²) >= 11 is 0. The van der Waals surface area contributed by atoms with Gasteiger partial charge >= 0.3 is 0 Å². The van der Waals surface area contributed by atoms with Crippen LogP contribution in [-0.4, -0.2) is 12.6 Å². The summed E-state index contributed by atoms with van der Waals surface area (Å²) in [5.74, 6) is 5.03. The molecule has 0 fully saturated rings. The summed E-state index contributed by atoms with van der Waals surface area (Å²) in [5, 5.41) is 0. The van der Waals surface area contributed by atoms with E-state index >= 15 is 0 Å². The molecule has 0 aromatic heterocycles. The summed E-state index contributed by atoms with van der Waals surface area (Å²) in [4.78, 5) is 11.8. The molecule has 3 N–H and O–H groups in total. The van der Waals surface area contributed by atoms with Crippen molar-refractivity contribution in [2.45, 2.75) is 41.3 Å². The van der Waals surface area contributed by atoms with E-state index in [1.54, 1.807) is 0 Å². The van der Waals surface area contributed by atoms with Crippen LogP contribution in [0.2, 0.25) is 13.6 Å². The largest absolute Gasteiger partial charge is 0.290 e. The lowest BCUT2D eigenvalue weighted by Crippen LogP contribution is -2.35. The Kier molecular flexibility index (Phi) is 3.99. The zero-order valence-electron chi connectivity index (χ0n) is 11.6. The molecule has 0 bridgehead atoms. The topological polar surface area (TPSA) is 55.1 Å². The summed E-state index contributed by atoms with van der Waals surface area (Å²) in [6.45, 7) is 12.9. The van der Waals surface area contributed by atoms with Crippen molar-refractivity contribution >= 4 is 18.1 Å². The van der Waals surface area contributed by atoms with Gasteiger partial charge in [0.2, 0.25) is 0 Å². The SMILES string of the molecule is CB(C)c1c(C)c(C)c(C(=O)NN)c(C)c1C. The molecule has 0 heterocycles. The highest BCUT2D eigenvalue weighted by molar-refractivity contribution is 6.71. The molecular weight excluding hydrogens is 211 g/mol. The number of rotatable bonds is 2. The van der Waals surface area contributed by atoms with Crippen molar-refractivity contribution in [2.24, 2.45) is 5.84 Å². The van der Waals surface area contributed by atoms with Crippen LogP contribution in [0.5, 0.6) is 0 Å². The maximum Gasteiger partial charge on any atom is 0.265 e. The normalized spacial score (nSPS) is 10.3. The molecule has 0 spiro atoms. The first-order valence-electron chi connectivity index (χ1n) is 5.94. The molecule has 1 rings (SSSR count). The number of hydrogen-bond acceptors (Lipinski definition) is 2. The molecule has 0 saturated carbocycles. The van der Waals surface area contributed by atoms with E-state index in [0.29, 0.717) is 12.3 Å². The zero-order valence-corrected chi connectivity index (χ0v) is 11.6. The maximum atomic E-state index is 11.8. The van der Waals surface area contributed by atoms with Crippen LogP contribution in [0.15, 0.2) is 0 Å². The fraction of sp³-hybridized carbons (Fsp3) is 0.462. The Morgan fingerprint density at radius 1 is 1.00 bits per heavy atom. The van der Waals surface area contributed by atoms with E-state index in [2.05, 4.69) is 32.9 Å². The molecule has 0 aliphatic heterocycles. The van der Waals surface area contributed by atoms with Crippen molar-refractivity contribution in [3.05, 3.63) is 27.8 Å². The monoisotopic (exact) mass is 232 g/mol. The van der Waals surface area contributed by atoms with Gasteiger partial charge in [-0.05, 0) is 38.8 Å². The van der Waals surface area contributed by atoms with Gasteiger partial charge in [-0.25, -0.2) is 5.84 Å². The van der Waals surface area contributed by atoms with Crippen LogP contribution >= 0.6 is 0 Å². The van der Waals surface area contributed by atoms with Crippen LogP contribution in [0.25, 0.3) is 0 Å². The van der Waals surface area contributed by atoms with Gasteiger partial charge in [0.05, 0.1) is 0 Å². The quantitative estimate of drug-likeness (QED) is 0.351. The molecule has 1 amide bonds. The summed E-state index contributed by atoms with van der Waals surface area (Å²) in [5.41, 5.74) is 8.73. The van der Waals surface area contributed by atoms with Gasteiger partial charge in [-0.1, -0.05) is 30.2 Å². The van der Waals surface area contributed by atoms with Crippen LogP contribution in [0, 0.1) is 27.7 Å². The molecule has 4 heteroatoms. The molecule has 0 radical (unpaired) electrons. The molecule has 17 heavy (non-hydrogen) atoms. The predicted molar refractivity (Wildman–Crippen MR) is 74.2 cm³/mol. The Bertz CT molecular complexity index is 438. The molecule has 1 aromatic carbocycles. The van der Waals surface area contributed by atoms with E-state index in [1.165, 1.54) is 16.6 Å². The van der Waals surface area contributed by atoms with Crippen molar-refractivity contribution in [1.29, 1.82) is 0 Å². The lowest BCUT2D eigenvalue weighted by Gasteiger charge is -2.21. The van der Waals surface area contributed by atoms with Gasteiger partial charge < -0.3 is 0 Å². The predicted octanol–water partition coefficient (Wildman–Crippen LogP) is 1.49. The van der Waals surface area contributed by atoms with Gasteiger partial charge in [0.25, 0.3) is 5.91 Å². The Morgan fingerprint density at radius 3 is 1.71 bits per heavy atom. The van der Waals surface area contributed by atoms with Crippen LogP contribution in [0.4, 0.5) is 0 Å². The van der Waals surface area contributed by atoms with E-state index in [-0.39, 0.29) is 5.91 Å². The lowest BCUT2D eigenvalue weighted by molar-refractivity contribution is 0.0952. The molecule has 92 valence electrons. The molecule has 0 saturated heterocycles. The third-order valence-corrected chi connectivity index (χ3v) is 3.62. The van der Waals surface area contributed by atoms with Crippen molar-refractivity contribution in [1.82, 2.24) is 5.43 Å². The average molecular weight is 232 g/mol. The van der Waals surface area contributed by atoms with Crippen LogP contribution < -0.4 is 16.7 Å². The van der Waals surface area contributed by atoms with Crippen molar-refractivity contribution in [3.63, 3.8) is 0 Å². The van der Waals surface area contributed by atoms with Crippen LogP contribution in [0.3, 0.4) is 0 Å². The number of nitrogens with one attached hydrogen (secondary N) is 1. The Labute approximate surface area is 104 Å². The lowest BCUT2D eigenvalue weighted by atomic mass is 9.46. The van der Waals surface area contributed by atoms with Gasteiger partial charge in [-0.15, -0.1) is 0 Å². The van der Waals surface area contributed by atoms with Crippen molar-refractivity contribution < 1.29 is 4.79 Å². The number of hydrazine groups is 1. The van der Waals surface area contributed by atoms with E-state index < -0.39 is 0 Å². The minimum absolute atomic E-state index is 0.207. The standard InChI is InChI=1S/C13H21BN2O/c1-7-9(3)12(14(5)6)10(4)8(2)11(7)13(17)16-15/h15H2,1-6H3,(H,16,17). The highest BCUT2D eigenvalue weighted by Gasteiger charge is 2.20. The molecular formula is C13H21BN2O. The minimum Gasteiger partial charge on any atom is -0.290 e. The first-order valence-corrected chi connectivity index (χ1v) is 5.94. The molecule has 1 aromatic rings. The number of amides is 1. The van der Waals surface area contributed by atoms with E-state index in [4.69, 9.17) is 5.84 Å². The molecule has 0 aliphatic rings. The van der Waals surface area contributed by atoms with Gasteiger partial charge in [0.1, 0.15) is 0 Å². The second-order valence-electron chi connectivity index (χ2n) is 4.92. The Balaban J connectivity index is 3.64. The first kappa shape index (κ1) is 13.8. The molecule has 0 unspecified atom stereocenters. The number of hydrogen-bond donors (Lipinski definition) is 2. The van der Waals surface area contributed by atoms with Crippen molar-refractivity contribution in [3.8, 4) is 0 Å². The number of nitrogens with two attached hydrogens (primary N) is 1. The van der Waals surface area contributed by atoms with Gasteiger partial charge in [-0.2, -0.15) is 0 Å². The highest BCUT2D eigenvalue weighted by atomic mass is 16.2. The van der Waals surface area contributed by atoms with Gasteiger partial charge in [0, 0.05) is 5.56 Å². The Morgan fingerprint density at radius 2 is 1.41 bits per heavy atom. The minimum atomic E-state index is -0.207. The van der Waals surface area contributed by atoms with E-state index in [0.717, 1.165) is 11.1 Å². The molecule has 0 atom stereocenters. The van der Waals surface area contributed by atoms with Crippen LogP contribution in [-0.2, 0) is 0 Å². The summed E-state index contributed by atoms with van der Waals surface area (Å²) in [6, 6.07) is 0. The summed E-state index contributed by atoms with van der Waals surface area (Å²) in [6.07, 6.45) is 0. The van der Waals surface area contributed by atoms with E-state index in [9.17, 15) is 4.79 Å². The number of nitrogen functional groups attached to an aromatic ring is 1. The molecule has 3 nitrogen and oxygen atoms in total. The fourth-order valence-electron chi connectivity index (χ4n) is 2.62. The van der Waals surface area contributed by atoms with Crippen molar-refractivity contribution in [2.75, 3.05) is 0 Å². The fourth-order valence-corrected chi connectivity index (χ4v) is 2.62. The smallest absolute Gasteiger partial charge is 0.265 e. The average Bonchev–Trinajstić information content (AvgIpc) is 2.26. The third-order valence-electron chi connectivity index (χ3n) is 3.62. The zero-order chi connectivity index (χ0) is 13.3. The maximum absolute atomic E-state index is 11.8. The third kappa shape index (κ3) is 2.22. The second kappa shape index (κ2) is 4.92. The first-order chi connectivity index (χ1) is 7.82. The number of benzene rings is 1.